The summed E-state index contributed by atoms with van der Waals surface area (Å²) in [6, 6.07) is 0. The molecule has 0 saturated heterocycles. The van der Waals surface area contributed by atoms with E-state index in [-0.39, 0.29) is 0 Å². The minimum absolute atomic E-state index is 1.75. The Hall–Kier alpha value is -0.650. The van der Waals surface area contributed by atoms with Crippen LogP contribution >= 0.6 is 0 Å². The molecule has 0 amide bonds. The summed E-state index contributed by atoms with van der Waals surface area (Å²) in [4.78, 5) is 17.8. The third kappa shape index (κ3) is 1.65. The van der Waals surface area contributed by atoms with E-state index in [4.69, 9.17) is 9.81 Å². The Labute approximate surface area is 35.4 Å². The van der Waals surface area contributed by atoms with Crippen LogP contribution in [0.2, 0.25) is 0 Å². The van der Waals surface area contributed by atoms with E-state index in [1.807, 2.05) is 0 Å². The van der Waals surface area contributed by atoms with Crippen LogP contribution in [0.25, 0.3) is 0 Å². The van der Waals surface area contributed by atoms with Crippen LogP contribution in [-0.2, 0) is 11.2 Å². The average Bonchev–Trinajstić information content (AvgIpc) is 1.65. The molecule has 0 bridgehead atoms. The van der Waals surface area contributed by atoms with Crippen LogP contribution in [0, 0.1) is 9.81 Å². The molecule has 6 heteroatoms. The fourth-order valence-corrected chi connectivity index (χ4v) is 0.0408. The summed E-state index contributed by atoms with van der Waals surface area (Å²) < 4.78 is 12.8. The molecule has 0 unspecified atom stereocenters. The van der Waals surface area contributed by atoms with E-state index in [2.05, 4.69) is 0 Å². The van der Waals surface area contributed by atoms with Gasteiger partial charge in [-0.1, -0.05) is 0 Å². The van der Waals surface area contributed by atoms with Gasteiger partial charge >= 0.3 is 11.2 Å². The van der Waals surface area contributed by atoms with Crippen molar-refractivity contribution >= 4 is 11.2 Å². The van der Waals surface area contributed by atoms with Gasteiger partial charge in [-0.15, -0.1) is 9.81 Å². The molecule has 0 aromatic rings. The number of hydrogen-bond acceptors (Lipinski definition) is 3. The van der Waals surface area contributed by atoms with Gasteiger partial charge in [0.1, 0.15) is 0 Å². The molecule has 0 aromatic heterocycles. The third-order valence-electron chi connectivity index (χ3n) is 0.128. The molecule has 0 N–H and O–H groups in total. The molecule has 0 spiro atoms. The predicted molar refractivity (Wildman–Crippen MR) is 19.7 cm³/mol. The van der Waals surface area contributed by atoms with Gasteiger partial charge in [-0.2, -0.15) is 0 Å². The lowest BCUT2D eigenvalue weighted by Crippen LogP contribution is -1.66. The van der Waals surface area contributed by atoms with Crippen molar-refractivity contribution in [2.75, 3.05) is 0 Å². The maximum absolute atomic E-state index is 9.33. The number of nitroso groups, excluding NO2 is 2. The lowest BCUT2D eigenvalue weighted by Gasteiger charge is -1.57. The number of nitrogens with zero attached hydrogens (tertiary/aromatic N) is 2. The third-order valence-corrected chi connectivity index (χ3v) is 0.383. The Kier molecular flexibility index (Phi) is 2.30. The Morgan fingerprint density at radius 2 is 1.50 bits per heavy atom. The summed E-state index contributed by atoms with van der Waals surface area (Å²) in [7, 11) is 0. The SMILES string of the molecule is O=NS(=O)N=O. The largest absolute Gasteiger partial charge is 0.341 e. The molecular formula is N2O3S. The zero-order valence-corrected chi connectivity index (χ0v) is 3.34. The summed E-state index contributed by atoms with van der Waals surface area (Å²) in [6.07, 6.45) is 0. The lowest BCUT2D eigenvalue weighted by atomic mass is 13.7. The molecule has 0 saturated carbocycles. The molecule has 0 fully saturated rings. The van der Waals surface area contributed by atoms with Crippen molar-refractivity contribution in [2.24, 2.45) is 9.16 Å². The van der Waals surface area contributed by atoms with Gasteiger partial charge in [0.2, 0.25) is 0 Å². The fraction of sp³-hybridized carbons (Fsp3) is 0. The maximum Gasteiger partial charge on any atom is 0.341 e. The van der Waals surface area contributed by atoms with Gasteiger partial charge < -0.3 is 0 Å². The van der Waals surface area contributed by atoms with Gasteiger partial charge in [-0.3, -0.25) is 0 Å². The van der Waals surface area contributed by atoms with Gasteiger partial charge in [0.15, 0.2) is 0 Å². The molecule has 0 aliphatic heterocycles. The zero-order chi connectivity index (χ0) is 4.99. The molecule has 0 aromatic carbocycles. The fourth-order valence-electron chi connectivity index (χ4n) is 0.0136. The molecule has 0 aliphatic carbocycles. The molecular weight excluding hydrogens is 108 g/mol. The summed E-state index contributed by atoms with van der Waals surface area (Å²) in [6.45, 7) is 0. The van der Waals surface area contributed by atoms with E-state index in [0.29, 0.717) is 0 Å². The molecule has 0 rings (SSSR count). The second kappa shape index (κ2) is 2.58. The summed E-state index contributed by atoms with van der Waals surface area (Å²) in [5.74, 6) is 0. The first-order valence-corrected chi connectivity index (χ1v) is 1.96. The molecule has 0 aliphatic rings. The minimum Gasteiger partial charge on any atom is -0.203 e. The second-order valence-corrected chi connectivity index (χ2v) is 1.14. The number of rotatable bonds is 2. The van der Waals surface area contributed by atoms with Crippen molar-refractivity contribution < 1.29 is 4.21 Å². The van der Waals surface area contributed by atoms with Gasteiger partial charge in [0.05, 0.1) is 9.16 Å². The van der Waals surface area contributed by atoms with Crippen LogP contribution in [0.5, 0.6) is 0 Å². The van der Waals surface area contributed by atoms with Gasteiger partial charge in [0, 0.05) is 0 Å². The van der Waals surface area contributed by atoms with Gasteiger partial charge in [-0.25, -0.2) is 4.21 Å². The number of hydrogen-bond donors (Lipinski definition) is 0. The highest BCUT2D eigenvalue weighted by molar-refractivity contribution is 7.82. The molecule has 0 atom stereocenters. The Bertz CT molecular complexity index is 76.8. The first kappa shape index (κ1) is 5.35. The first-order chi connectivity index (χ1) is 2.81. The van der Waals surface area contributed by atoms with Crippen molar-refractivity contribution in [3.8, 4) is 0 Å². The summed E-state index contributed by atoms with van der Waals surface area (Å²) in [5, 5.41) is 0. The quantitative estimate of drug-likeness (QED) is 0.470. The topological polar surface area (TPSA) is 75.9 Å². The van der Waals surface area contributed by atoms with Crippen LogP contribution in [0.15, 0.2) is 9.16 Å². The summed E-state index contributed by atoms with van der Waals surface area (Å²) in [5.41, 5.74) is 0. The van der Waals surface area contributed by atoms with Crippen molar-refractivity contribution in [1.82, 2.24) is 0 Å². The van der Waals surface area contributed by atoms with E-state index < -0.39 is 11.2 Å². The van der Waals surface area contributed by atoms with Crippen molar-refractivity contribution in [2.45, 2.75) is 0 Å². The highest BCUT2D eigenvalue weighted by Gasteiger charge is 1.87. The van der Waals surface area contributed by atoms with Gasteiger partial charge in [0.25, 0.3) is 0 Å². The van der Waals surface area contributed by atoms with Crippen LogP contribution in [0.1, 0.15) is 0 Å². The van der Waals surface area contributed by atoms with E-state index >= 15 is 0 Å². The summed E-state index contributed by atoms with van der Waals surface area (Å²) >= 11 is -2.40. The van der Waals surface area contributed by atoms with Crippen LogP contribution in [0.4, 0.5) is 0 Å². The van der Waals surface area contributed by atoms with Crippen molar-refractivity contribution in [1.29, 1.82) is 0 Å². The van der Waals surface area contributed by atoms with E-state index in [1.165, 1.54) is 0 Å². The normalized spacial score (nSPS) is 8.17. The lowest BCUT2D eigenvalue weighted by molar-refractivity contribution is 0.685. The molecule has 0 radical (unpaired) electrons. The van der Waals surface area contributed by atoms with Crippen molar-refractivity contribution in [3.63, 3.8) is 0 Å². The highest BCUT2D eigenvalue weighted by Crippen LogP contribution is 1.77. The van der Waals surface area contributed by atoms with Gasteiger partial charge in [-0.05, 0) is 0 Å². The average molecular weight is 108 g/mol. The van der Waals surface area contributed by atoms with Crippen LogP contribution in [0.3, 0.4) is 0 Å². The minimum atomic E-state index is -2.40. The van der Waals surface area contributed by atoms with E-state index in [0.717, 1.165) is 0 Å². The van der Waals surface area contributed by atoms with E-state index in [9.17, 15) is 4.21 Å². The highest BCUT2D eigenvalue weighted by atomic mass is 32.2. The Morgan fingerprint density at radius 3 is 1.50 bits per heavy atom. The van der Waals surface area contributed by atoms with Crippen LogP contribution < -0.4 is 0 Å². The maximum atomic E-state index is 9.33. The molecule has 5 nitrogen and oxygen atoms in total. The Balaban J connectivity index is 3.52. The molecule has 34 valence electrons. The smallest absolute Gasteiger partial charge is 0.203 e. The second-order valence-electron chi connectivity index (χ2n) is 0.380. The zero-order valence-electron chi connectivity index (χ0n) is 2.53. The first-order valence-electron chi connectivity index (χ1n) is 0.897. The van der Waals surface area contributed by atoms with Crippen LogP contribution in [-0.4, -0.2) is 4.21 Å². The molecule has 6 heavy (non-hydrogen) atoms. The van der Waals surface area contributed by atoms with E-state index in [1.54, 1.807) is 9.16 Å². The van der Waals surface area contributed by atoms with Crippen molar-refractivity contribution in [3.05, 3.63) is 9.81 Å². The Morgan fingerprint density at radius 1 is 1.17 bits per heavy atom. The standard InChI is InChI=1S/N2O3S/c3-1-6(5)2-4. The monoisotopic (exact) mass is 108 g/mol. The predicted octanol–water partition coefficient (Wildman–Crippen LogP) is 0.0979. The molecule has 0 heterocycles.